The molecule has 0 saturated heterocycles. The number of nitrogens with one attached hydrogen (secondary N) is 1. The lowest BCUT2D eigenvalue weighted by Gasteiger charge is -2.13. The second kappa shape index (κ2) is 10.4. The Morgan fingerprint density at radius 3 is 2.60 bits per heavy atom. The molecule has 30 heavy (non-hydrogen) atoms. The number of methoxy groups -OCH3 is 1. The molecule has 0 atom stereocenters. The van der Waals surface area contributed by atoms with Crippen molar-refractivity contribution in [1.82, 2.24) is 15.3 Å². The molecule has 3 rings (SSSR count). The summed E-state index contributed by atoms with van der Waals surface area (Å²) >= 11 is 0. The fraction of sp³-hybridized carbons (Fsp3) is 0.261. The van der Waals surface area contributed by atoms with E-state index in [2.05, 4.69) is 27.4 Å². The number of aromatic nitrogens is 2. The second-order valence-corrected chi connectivity index (χ2v) is 6.78. The molecule has 0 aliphatic heterocycles. The molecule has 7 nitrogen and oxygen atoms in total. The number of carboxylic acids is 1. The lowest BCUT2D eigenvalue weighted by atomic mass is 10.2. The van der Waals surface area contributed by atoms with Gasteiger partial charge in [0.2, 0.25) is 5.88 Å². The van der Waals surface area contributed by atoms with E-state index in [0.29, 0.717) is 48.4 Å². The molecule has 7 heteroatoms. The van der Waals surface area contributed by atoms with Gasteiger partial charge >= 0.3 is 5.97 Å². The molecule has 0 amide bonds. The zero-order valence-electron chi connectivity index (χ0n) is 17.1. The van der Waals surface area contributed by atoms with Gasteiger partial charge in [-0.3, -0.25) is 4.98 Å². The van der Waals surface area contributed by atoms with Crippen LogP contribution < -0.4 is 14.8 Å². The van der Waals surface area contributed by atoms with Crippen LogP contribution in [-0.2, 0) is 19.5 Å². The highest BCUT2D eigenvalue weighted by molar-refractivity contribution is 5.87. The van der Waals surface area contributed by atoms with Gasteiger partial charge in [-0.1, -0.05) is 30.3 Å². The third kappa shape index (κ3) is 6.02. The zero-order chi connectivity index (χ0) is 21.3. The van der Waals surface area contributed by atoms with Crippen molar-refractivity contribution in [2.24, 2.45) is 0 Å². The molecule has 0 radical (unpaired) electrons. The van der Waals surface area contributed by atoms with Crippen molar-refractivity contribution in [1.29, 1.82) is 0 Å². The number of hydrogen-bond donors (Lipinski definition) is 2. The molecule has 0 saturated carbocycles. The molecule has 2 N–H and O–H groups in total. The lowest BCUT2D eigenvalue weighted by Crippen LogP contribution is -2.17. The van der Waals surface area contributed by atoms with Gasteiger partial charge in [0.1, 0.15) is 11.4 Å². The van der Waals surface area contributed by atoms with Crippen LogP contribution in [0.15, 0.2) is 54.6 Å². The Hall–Kier alpha value is -3.45. The molecule has 0 aliphatic carbocycles. The average molecular weight is 407 g/mol. The number of carboxylic acid groups (broad SMARTS) is 1. The largest absolute Gasteiger partial charge is 0.491 e. The number of nitrogens with zero attached hydrogens (tertiary/aromatic N) is 2. The van der Waals surface area contributed by atoms with Crippen LogP contribution >= 0.6 is 0 Å². The zero-order valence-corrected chi connectivity index (χ0v) is 17.1. The predicted octanol–water partition coefficient (Wildman–Crippen LogP) is 3.40. The smallest absolute Gasteiger partial charge is 0.335 e. The first-order chi connectivity index (χ1) is 14.5. The van der Waals surface area contributed by atoms with E-state index in [-0.39, 0.29) is 5.56 Å². The van der Waals surface area contributed by atoms with Crippen molar-refractivity contribution < 1.29 is 19.4 Å². The summed E-state index contributed by atoms with van der Waals surface area (Å²) in [6, 6.07) is 16.9. The fourth-order valence-corrected chi connectivity index (χ4v) is 3.02. The Morgan fingerprint density at radius 2 is 1.87 bits per heavy atom. The van der Waals surface area contributed by atoms with Crippen molar-refractivity contribution in [3.63, 3.8) is 0 Å². The standard InChI is InChI=1S/C23H25N3O4/c1-16-12-18(23(27)28)13-19(25-16)14-24-15-20-21(8-9-22(26-20)29-2)30-11-10-17-6-4-3-5-7-17/h3-9,12-13,24H,10-11,14-15H2,1-2H3,(H,27,28). The molecule has 0 unspecified atom stereocenters. The second-order valence-electron chi connectivity index (χ2n) is 6.78. The number of benzene rings is 1. The molecule has 2 aromatic heterocycles. The summed E-state index contributed by atoms with van der Waals surface area (Å²) in [6.45, 7) is 3.14. The number of rotatable bonds is 10. The van der Waals surface area contributed by atoms with Crippen molar-refractivity contribution >= 4 is 5.97 Å². The summed E-state index contributed by atoms with van der Waals surface area (Å²) in [5.74, 6) is 0.219. The van der Waals surface area contributed by atoms with Gasteiger partial charge in [-0.15, -0.1) is 0 Å². The SMILES string of the molecule is COc1ccc(OCCc2ccccc2)c(CNCc2cc(C(=O)O)cc(C)n2)n1. The summed E-state index contributed by atoms with van der Waals surface area (Å²) in [5, 5.41) is 12.5. The number of hydrogen-bond acceptors (Lipinski definition) is 6. The normalized spacial score (nSPS) is 10.6. The van der Waals surface area contributed by atoms with Gasteiger partial charge < -0.3 is 19.9 Å². The highest BCUT2D eigenvalue weighted by atomic mass is 16.5. The van der Waals surface area contributed by atoms with E-state index in [9.17, 15) is 9.90 Å². The molecule has 3 aromatic rings. The third-order valence-corrected chi connectivity index (χ3v) is 4.46. The molecule has 0 fully saturated rings. The minimum Gasteiger partial charge on any atom is -0.491 e. The summed E-state index contributed by atoms with van der Waals surface area (Å²) in [4.78, 5) is 20.1. The Labute approximate surface area is 175 Å². The summed E-state index contributed by atoms with van der Waals surface area (Å²) in [5.41, 5.74) is 3.47. The molecule has 1 aromatic carbocycles. The Bertz CT molecular complexity index is 993. The van der Waals surface area contributed by atoms with Gasteiger partial charge in [-0.05, 0) is 30.7 Å². The number of carbonyl (C=O) groups is 1. The van der Waals surface area contributed by atoms with Gasteiger partial charge in [-0.25, -0.2) is 9.78 Å². The monoisotopic (exact) mass is 407 g/mol. The molecular weight excluding hydrogens is 382 g/mol. The first-order valence-corrected chi connectivity index (χ1v) is 9.67. The van der Waals surface area contributed by atoms with Gasteiger partial charge in [0.05, 0.1) is 25.0 Å². The molecule has 0 bridgehead atoms. The van der Waals surface area contributed by atoms with Crippen LogP contribution in [0.1, 0.15) is 33.0 Å². The van der Waals surface area contributed by atoms with Gasteiger partial charge in [0.15, 0.2) is 0 Å². The quantitative estimate of drug-likeness (QED) is 0.532. The predicted molar refractivity (Wildman–Crippen MR) is 113 cm³/mol. The van der Waals surface area contributed by atoms with E-state index in [0.717, 1.165) is 6.42 Å². The summed E-state index contributed by atoms with van der Waals surface area (Å²) in [7, 11) is 1.57. The molecule has 0 spiro atoms. The van der Waals surface area contributed by atoms with Crippen LogP contribution in [0.4, 0.5) is 0 Å². The van der Waals surface area contributed by atoms with Crippen molar-refractivity contribution in [3.05, 3.63) is 82.8 Å². The van der Waals surface area contributed by atoms with E-state index in [1.807, 2.05) is 24.3 Å². The highest BCUT2D eigenvalue weighted by Gasteiger charge is 2.10. The van der Waals surface area contributed by atoms with Crippen molar-refractivity contribution in [2.75, 3.05) is 13.7 Å². The summed E-state index contributed by atoms with van der Waals surface area (Å²) < 4.78 is 11.2. The van der Waals surface area contributed by atoms with Gasteiger partial charge in [0, 0.05) is 31.3 Å². The number of aromatic carboxylic acids is 1. The van der Waals surface area contributed by atoms with E-state index in [1.54, 1.807) is 32.2 Å². The van der Waals surface area contributed by atoms with E-state index in [1.165, 1.54) is 5.56 Å². The highest BCUT2D eigenvalue weighted by Crippen LogP contribution is 2.21. The van der Waals surface area contributed by atoms with E-state index >= 15 is 0 Å². The minimum atomic E-state index is -0.967. The summed E-state index contributed by atoms with van der Waals surface area (Å²) in [6.07, 6.45) is 0.797. The van der Waals surface area contributed by atoms with Gasteiger partial charge in [-0.2, -0.15) is 0 Å². The minimum absolute atomic E-state index is 0.226. The van der Waals surface area contributed by atoms with Crippen molar-refractivity contribution in [2.45, 2.75) is 26.4 Å². The van der Waals surface area contributed by atoms with Crippen molar-refractivity contribution in [3.8, 4) is 11.6 Å². The molecule has 156 valence electrons. The molecule has 2 heterocycles. The van der Waals surface area contributed by atoms with Crippen LogP contribution in [0.25, 0.3) is 0 Å². The van der Waals surface area contributed by atoms with Crippen LogP contribution in [0.5, 0.6) is 11.6 Å². The van der Waals surface area contributed by atoms with E-state index < -0.39 is 5.97 Å². The maximum atomic E-state index is 11.2. The maximum absolute atomic E-state index is 11.2. The maximum Gasteiger partial charge on any atom is 0.335 e. The first-order valence-electron chi connectivity index (χ1n) is 9.67. The van der Waals surface area contributed by atoms with Gasteiger partial charge in [0.25, 0.3) is 0 Å². The number of pyridine rings is 2. The molecular formula is C23H25N3O4. The third-order valence-electron chi connectivity index (χ3n) is 4.46. The average Bonchev–Trinajstić information content (AvgIpc) is 2.75. The topological polar surface area (TPSA) is 93.6 Å². The Morgan fingerprint density at radius 1 is 1.07 bits per heavy atom. The van der Waals surface area contributed by atoms with E-state index in [4.69, 9.17) is 9.47 Å². The van der Waals surface area contributed by atoms with Crippen LogP contribution in [0.2, 0.25) is 0 Å². The Balaban J connectivity index is 1.63. The van der Waals surface area contributed by atoms with Crippen LogP contribution in [-0.4, -0.2) is 34.8 Å². The van der Waals surface area contributed by atoms with Crippen LogP contribution in [0.3, 0.4) is 0 Å². The molecule has 0 aliphatic rings. The number of ether oxygens (including phenoxy) is 2. The van der Waals surface area contributed by atoms with Crippen LogP contribution in [0, 0.1) is 6.92 Å². The fourth-order valence-electron chi connectivity index (χ4n) is 3.02. The Kier molecular flexibility index (Phi) is 7.34. The lowest BCUT2D eigenvalue weighted by molar-refractivity contribution is 0.0696. The first kappa shape index (κ1) is 21.3. The number of aryl methyl sites for hydroxylation is 1.